The summed E-state index contributed by atoms with van der Waals surface area (Å²) in [6.07, 6.45) is 0. The maximum absolute atomic E-state index is 10.3. The summed E-state index contributed by atoms with van der Waals surface area (Å²) in [6, 6.07) is 9.93. The predicted octanol–water partition coefficient (Wildman–Crippen LogP) is 1.75. The quantitative estimate of drug-likeness (QED) is 0.791. The van der Waals surface area contributed by atoms with Crippen LogP contribution in [0.4, 0.5) is 5.00 Å². The third-order valence-electron chi connectivity index (χ3n) is 1.84. The van der Waals surface area contributed by atoms with Gasteiger partial charge in [-0.3, -0.25) is 4.79 Å². The number of fused-ring (bicyclic) bond motifs is 1. The summed E-state index contributed by atoms with van der Waals surface area (Å²) in [7, 11) is 0. The molecule has 5 heteroatoms. The number of anilines is 1. The monoisotopic (exact) mass is 231 g/mol. The van der Waals surface area contributed by atoms with Crippen LogP contribution >= 0.6 is 11.3 Å². The first-order valence-electron chi connectivity index (χ1n) is 4.20. The van der Waals surface area contributed by atoms with Gasteiger partial charge in [0.25, 0.3) is 0 Å². The van der Waals surface area contributed by atoms with Crippen LogP contribution < -0.4 is 5.32 Å². The number of thiophene rings is 1. The minimum atomic E-state index is -0.845. The van der Waals surface area contributed by atoms with Gasteiger partial charge in [-0.05, 0) is 17.5 Å². The Kier molecular flexibility index (Phi) is 4.60. The first kappa shape index (κ1) is 12.5. The molecule has 0 atom stereocenters. The van der Waals surface area contributed by atoms with Crippen molar-refractivity contribution in [2.75, 3.05) is 11.9 Å². The third kappa shape index (κ3) is 3.21. The van der Waals surface area contributed by atoms with Crippen molar-refractivity contribution in [3.8, 4) is 0 Å². The molecule has 0 saturated carbocycles. The van der Waals surface area contributed by atoms with Crippen LogP contribution in [0.1, 0.15) is 0 Å². The molecule has 0 radical (unpaired) electrons. The van der Waals surface area contributed by atoms with Gasteiger partial charge < -0.3 is 10.4 Å². The van der Waals surface area contributed by atoms with Gasteiger partial charge in [0.05, 0.1) is 5.00 Å². The van der Waals surface area contributed by atoms with Crippen molar-refractivity contribution < 1.29 is 9.90 Å². The minimum absolute atomic E-state index is 0. The molecule has 2 rings (SSSR count). The van der Waals surface area contributed by atoms with Crippen molar-refractivity contribution in [1.82, 2.24) is 0 Å². The van der Waals surface area contributed by atoms with E-state index in [1.165, 1.54) is 4.70 Å². The number of carbonyl (C=O) groups is 1. The second-order valence-electron chi connectivity index (χ2n) is 2.90. The summed E-state index contributed by atoms with van der Waals surface area (Å²) in [5.41, 5.74) is 0. The Morgan fingerprint density at radius 2 is 2.13 bits per heavy atom. The molecule has 0 aliphatic rings. The summed E-state index contributed by atoms with van der Waals surface area (Å²) >= 11 is 1.56. The number of nitrogens with one attached hydrogen (secondary N) is 1. The van der Waals surface area contributed by atoms with Gasteiger partial charge in [-0.25, -0.2) is 0 Å². The van der Waals surface area contributed by atoms with Gasteiger partial charge >= 0.3 is 35.5 Å². The summed E-state index contributed by atoms with van der Waals surface area (Å²) < 4.78 is 1.17. The molecule has 0 saturated heterocycles. The zero-order valence-electron chi connectivity index (χ0n) is 7.36. The predicted molar refractivity (Wildman–Crippen MR) is 65.1 cm³/mol. The Bertz CT molecular complexity index is 436. The fourth-order valence-corrected chi connectivity index (χ4v) is 2.19. The van der Waals surface area contributed by atoms with E-state index in [-0.39, 0.29) is 36.1 Å². The molecule has 0 aliphatic heterocycles. The summed E-state index contributed by atoms with van der Waals surface area (Å²) in [6.45, 7) is -0.0349. The van der Waals surface area contributed by atoms with Crippen LogP contribution in [0.5, 0.6) is 0 Å². The van der Waals surface area contributed by atoms with Crippen LogP contribution in [-0.2, 0) is 4.79 Å². The zero-order valence-corrected chi connectivity index (χ0v) is 8.17. The van der Waals surface area contributed by atoms with Crippen molar-refractivity contribution in [1.29, 1.82) is 0 Å². The van der Waals surface area contributed by atoms with Gasteiger partial charge in [-0.15, -0.1) is 11.3 Å². The molecule has 74 valence electrons. The van der Waals surface area contributed by atoms with E-state index in [0.717, 1.165) is 10.4 Å². The fraction of sp³-hybridized carbons (Fsp3) is 0.100. The first-order chi connectivity index (χ1) is 6.75. The van der Waals surface area contributed by atoms with E-state index in [4.69, 9.17) is 5.11 Å². The molecular weight excluding hydrogens is 221 g/mol. The first-order valence-corrected chi connectivity index (χ1v) is 5.01. The number of carboxylic acid groups (broad SMARTS) is 1. The molecule has 0 fully saturated rings. The Morgan fingerprint density at radius 3 is 2.80 bits per heavy atom. The molecule has 3 nitrogen and oxygen atoms in total. The van der Waals surface area contributed by atoms with Crippen LogP contribution in [0.3, 0.4) is 0 Å². The van der Waals surface area contributed by atoms with E-state index in [0.29, 0.717) is 0 Å². The molecule has 1 aromatic heterocycles. The molecule has 0 aliphatic carbocycles. The molecule has 15 heavy (non-hydrogen) atoms. The van der Waals surface area contributed by atoms with Crippen molar-refractivity contribution in [2.24, 2.45) is 0 Å². The Balaban J connectivity index is 0.00000112. The van der Waals surface area contributed by atoms with Crippen LogP contribution in [0.15, 0.2) is 30.3 Å². The van der Waals surface area contributed by atoms with E-state index in [9.17, 15) is 4.79 Å². The average molecular weight is 231 g/mol. The molecule has 0 spiro atoms. The average Bonchev–Trinajstić information content (AvgIpc) is 2.57. The van der Waals surface area contributed by atoms with Crippen molar-refractivity contribution in [3.63, 3.8) is 0 Å². The van der Waals surface area contributed by atoms with E-state index >= 15 is 0 Å². The van der Waals surface area contributed by atoms with Crippen LogP contribution in [0.25, 0.3) is 10.1 Å². The summed E-state index contributed by atoms with van der Waals surface area (Å²) in [5, 5.41) is 13.4. The molecule has 0 unspecified atom stereocenters. The summed E-state index contributed by atoms with van der Waals surface area (Å²) in [5.74, 6) is -0.845. The Hall–Kier alpha value is -0.550. The van der Waals surface area contributed by atoms with Gasteiger partial charge in [-0.1, -0.05) is 18.2 Å². The fourth-order valence-electron chi connectivity index (χ4n) is 1.23. The van der Waals surface area contributed by atoms with Gasteiger partial charge in [-0.2, -0.15) is 0 Å². The standard InChI is InChI=1S/C10H9NO2S.Na.H/c12-10(13)6-11-9-5-7-3-1-2-4-8(7)14-9;;/h1-5,11H,6H2,(H,12,13);;. The number of carboxylic acids is 1. The molecule has 1 aromatic carbocycles. The van der Waals surface area contributed by atoms with Crippen LogP contribution in [0, 0.1) is 0 Å². The zero-order chi connectivity index (χ0) is 9.97. The van der Waals surface area contributed by atoms with E-state index in [1.807, 2.05) is 30.3 Å². The molecule has 2 aromatic rings. The number of aliphatic carboxylic acids is 1. The van der Waals surface area contributed by atoms with Crippen molar-refractivity contribution in [2.45, 2.75) is 0 Å². The third-order valence-corrected chi connectivity index (χ3v) is 2.91. The molecule has 0 bridgehead atoms. The normalized spacial score (nSPS) is 9.60. The van der Waals surface area contributed by atoms with Gasteiger partial charge in [0.1, 0.15) is 6.54 Å². The molecular formula is C10H10NNaO2S. The van der Waals surface area contributed by atoms with Crippen molar-refractivity contribution in [3.05, 3.63) is 30.3 Å². The number of hydrogen-bond donors (Lipinski definition) is 2. The topological polar surface area (TPSA) is 49.3 Å². The Morgan fingerprint density at radius 1 is 1.40 bits per heavy atom. The number of rotatable bonds is 3. The summed E-state index contributed by atoms with van der Waals surface area (Å²) in [4.78, 5) is 10.3. The van der Waals surface area contributed by atoms with Crippen molar-refractivity contribution >= 4 is 62.0 Å². The second kappa shape index (κ2) is 5.51. The van der Waals surface area contributed by atoms with E-state index in [1.54, 1.807) is 11.3 Å². The molecule has 0 amide bonds. The van der Waals surface area contributed by atoms with E-state index < -0.39 is 5.97 Å². The van der Waals surface area contributed by atoms with Gasteiger partial charge in [0.15, 0.2) is 0 Å². The Labute approximate surface area is 113 Å². The molecule has 1 heterocycles. The van der Waals surface area contributed by atoms with Gasteiger partial charge in [0.2, 0.25) is 0 Å². The number of hydrogen-bond acceptors (Lipinski definition) is 3. The maximum atomic E-state index is 10.3. The SMILES string of the molecule is O=C(O)CNc1cc2ccccc2s1.[NaH]. The molecule has 2 N–H and O–H groups in total. The van der Waals surface area contributed by atoms with Gasteiger partial charge in [0, 0.05) is 4.70 Å². The van der Waals surface area contributed by atoms with Crippen LogP contribution in [0.2, 0.25) is 0 Å². The van der Waals surface area contributed by atoms with E-state index in [2.05, 4.69) is 5.32 Å². The van der Waals surface area contributed by atoms with Crippen LogP contribution in [-0.4, -0.2) is 47.2 Å². The number of benzene rings is 1. The second-order valence-corrected chi connectivity index (χ2v) is 3.98.